The number of amides is 2. The lowest BCUT2D eigenvalue weighted by Gasteiger charge is -2.10. The molecule has 0 unspecified atom stereocenters. The van der Waals surface area contributed by atoms with Gasteiger partial charge >= 0.3 is 11.8 Å². The Morgan fingerprint density at radius 3 is 2.56 bits per heavy atom. The summed E-state index contributed by atoms with van der Waals surface area (Å²) in [6.45, 7) is 6.10. The number of hydrogen-bond donors (Lipinski definition) is 2. The smallest absolute Gasteiger partial charge is 0.329 e. The summed E-state index contributed by atoms with van der Waals surface area (Å²) in [5, 5.41) is 6.71. The molecule has 0 radical (unpaired) electrons. The van der Waals surface area contributed by atoms with Gasteiger partial charge in [-0.3, -0.25) is 9.59 Å². The summed E-state index contributed by atoms with van der Waals surface area (Å²) in [4.78, 5) is 23.8. The van der Waals surface area contributed by atoms with E-state index in [1.54, 1.807) is 6.21 Å². The van der Waals surface area contributed by atoms with Crippen molar-refractivity contribution in [1.29, 1.82) is 0 Å². The van der Waals surface area contributed by atoms with E-state index in [2.05, 4.69) is 45.5 Å². The fourth-order valence-electron chi connectivity index (χ4n) is 3.62. The van der Waals surface area contributed by atoms with Crippen molar-refractivity contribution in [2.24, 2.45) is 5.10 Å². The van der Waals surface area contributed by atoms with Gasteiger partial charge in [0, 0.05) is 28.7 Å². The van der Waals surface area contributed by atoms with Gasteiger partial charge < -0.3 is 9.88 Å². The van der Waals surface area contributed by atoms with Crippen molar-refractivity contribution in [2.45, 2.75) is 52.5 Å². The van der Waals surface area contributed by atoms with Crippen LogP contribution in [0.15, 0.2) is 35.4 Å². The third-order valence-corrected chi connectivity index (χ3v) is 5.00. The third kappa shape index (κ3) is 4.45. The van der Waals surface area contributed by atoms with Gasteiger partial charge in [-0.25, -0.2) is 5.43 Å². The molecule has 27 heavy (non-hydrogen) atoms. The Morgan fingerprint density at radius 2 is 1.85 bits per heavy atom. The minimum atomic E-state index is -0.731. The molecule has 0 spiro atoms. The van der Waals surface area contributed by atoms with Crippen molar-refractivity contribution in [3.8, 4) is 5.69 Å². The lowest BCUT2D eigenvalue weighted by molar-refractivity contribution is -0.139. The van der Waals surface area contributed by atoms with Gasteiger partial charge in [-0.2, -0.15) is 5.10 Å². The molecule has 1 saturated carbocycles. The first-order valence-electron chi connectivity index (χ1n) is 9.35. The lowest BCUT2D eigenvalue weighted by atomic mass is 10.2. The Kier molecular flexibility index (Phi) is 5.74. The summed E-state index contributed by atoms with van der Waals surface area (Å²) in [6, 6.07) is 10.4. The number of rotatable bonds is 4. The number of hydrogen-bond acceptors (Lipinski definition) is 3. The Bertz CT molecular complexity index is 876. The molecule has 0 bridgehead atoms. The molecule has 3 rings (SSSR count). The fraction of sp³-hybridized carbons (Fsp3) is 0.381. The van der Waals surface area contributed by atoms with Gasteiger partial charge in [0.1, 0.15) is 0 Å². The van der Waals surface area contributed by atoms with E-state index in [1.165, 1.54) is 5.56 Å². The van der Waals surface area contributed by atoms with Crippen LogP contribution >= 0.6 is 0 Å². The predicted molar refractivity (Wildman–Crippen MR) is 106 cm³/mol. The molecule has 1 aromatic heterocycles. The number of aromatic nitrogens is 1. The second-order valence-electron chi connectivity index (χ2n) is 7.15. The van der Waals surface area contributed by atoms with Crippen LogP contribution in [0.25, 0.3) is 5.69 Å². The zero-order valence-electron chi connectivity index (χ0n) is 16.1. The maximum atomic E-state index is 11.9. The molecule has 1 aliphatic rings. The molecule has 0 saturated heterocycles. The van der Waals surface area contributed by atoms with Crippen LogP contribution < -0.4 is 10.7 Å². The Labute approximate surface area is 159 Å². The minimum Gasteiger partial charge on any atom is -0.345 e. The fourth-order valence-corrected chi connectivity index (χ4v) is 3.62. The topological polar surface area (TPSA) is 75.5 Å². The monoisotopic (exact) mass is 366 g/mol. The van der Waals surface area contributed by atoms with Crippen molar-refractivity contribution < 1.29 is 9.59 Å². The molecular weight excluding hydrogens is 340 g/mol. The van der Waals surface area contributed by atoms with Gasteiger partial charge in [0.25, 0.3) is 0 Å². The minimum absolute atomic E-state index is 0.112. The first-order chi connectivity index (χ1) is 13.0. The largest absolute Gasteiger partial charge is 0.345 e. The average Bonchev–Trinajstić information content (AvgIpc) is 3.23. The maximum absolute atomic E-state index is 11.9. The molecule has 2 N–H and O–H groups in total. The van der Waals surface area contributed by atoms with Crippen molar-refractivity contribution >= 4 is 18.0 Å². The molecule has 1 fully saturated rings. The zero-order chi connectivity index (χ0) is 19.4. The molecule has 6 nitrogen and oxygen atoms in total. The van der Waals surface area contributed by atoms with Crippen molar-refractivity contribution in [3.05, 3.63) is 52.8 Å². The van der Waals surface area contributed by atoms with Gasteiger partial charge in [-0.1, -0.05) is 25.0 Å². The van der Waals surface area contributed by atoms with Gasteiger partial charge in [-0.15, -0.1) is 0 Å². The van der Waals surface area contributed by atoms with Gasteiger partial charge in [-0.05, 0) is 57.4 Å². The SMILES string of the molecule is Cc1cccc(-n2c(C)cc(/C=N\NC(=O)C(=O)NC3CCCC3)c2C)c1. The normalized spacial score (nSPS) is 14.6. The van der Waals surface area contributed by atoms with Crippen LogP contribution in [0.5, 0.6) is 0 Å². The average molecular weight is 366 g/mol. The number of hydrazone groups is 1. The van der Waals surface area contributed by atoms with Crippen molar-refractivity contribution in [2.75, 3.05) is 0 Å². The summed E-state index contributed by atoms with van der Waals surface area (Å²) in [5.74, 6) is -1.35. The predicted octanol–water partition coefficient (Wildman–Crippen LogP) is 2.91. The molecule has 1 aromatic carbocycles. The number of nitrogens with zero attached hydrogens (tertiary/aromatic N) is 2. The van der Waals surface area contributed by atoms with E-state index >= 15 is 0 Å². The number of carbonyl (C=O) groups excluding carboxylic acids is 2. The molecule has 2 aromatic rings. The Balaban J connectivity index is 1.66. The molecule has 142 valence electrons. The van der Waals surface area contributed by atoms with Crippen LogP contribution in [-0.4, -0.2) is 28.6 Å². The van der Waals surface area contributed by atoms with Gasteiger partial charge in [0.2, 0.25) is 0 Å². The molecular formula is C21H26N4O2. The molecule has 2 amide bonds. The highest BCUT2D eigenvalue weighted by Crippen LogP contribution is 2.20. The molecule has 1 heterocycles. The summed E-state index contributed by atoms with van der Waals surface area (Å²) in [6.07, 6.45) is 5.65. The first-order valence-corrected chi connectivity index (χ1v) is 9.35. The molecule has 1 aliphatic carbocycles. The number of benzene rings is 1. The third-order valence-electron chi connectivity index (χ3n) is 5.00. The van der Waals surface area contributed by atoms with E-state index in [9.17, 15) is 9.59 Å². The highest BCUT2D eigenvalue weighted by Gasteiger charge is 2.21. The quantitative estimate of drug-likeness (QED) is 0.496. The molecule has 0 aliphatic heterocycles. The summed E-state index contributed by atoms with van der Waals surface area (Å²) in [5.41, 5.74) is 7.58. The van der Waals surface area contributed by atoms with E-state index in [1.807, 2.05) is 26.0 Å². The Hall–Kier alpha value is -2.89. The van der Waals surface area contributed by atoms with E-state index in [4.69, 9.17) is 0 Å². The molecule has 0 atom stereocenters. The number of carbonyl (C=O) groups is 2. The van der Waals surface area contributed by atoms with Crippen LogP contribution in [0, 0.1) is 20.8 Å². The van der Waals surface area contributed by atoms with E-state index in [-0.39, 0.29) is 6.04 Å². The lowest BCUT2D eigenvalue weighted by Crippen LogP contribution is -2.42. The summed E-state index contributed by atoms with van der Waals surface area (Å²) >= 11 is 0. The van der Waals surface area contributed by atoms with Gasteiger partial charge in [0.15, 0.2) is 0 Å². The van der Waals surface area contributed by atoms with Crippen LogP contribution in [0.4, 0.5) is 0 Å². The second-order valence-corrected chi connectivity index (χ2v) is 7.15. The summed E-state index contributed by atoms with van der Waals surface area (Å²) in [7, 11) is 0. The van der Waals surface area contributed by atoms with E-state index < -0.39 is 11.8 Å². The van der Waals surface area contributed by atoms with Crippen molar-refractivity contribution in [3.63, 3.8) is 0 Å². The van der Waals surface area contributed by atoms with Crippen LogP contribution in [0.2, 0.25) is 0 Å². The van der Waals surface area contributed by atoms with Crippen LogP contribution in [0.3, 0.4) is 0 Å². The van der Waals surface area contributed by atoms with Crippen LogP contribution in [0.1, 0.15) is 48.2 Å². The first kappa shape index (κ1) is 18.9. The zero-order valence-corrected chi connectivity index (χ0v) is 16.1. The standard InChI is InChI=1S/C21H26N4O2/c1-14-7-6-10-19(11-14)25-15(2)12-17(16(25)3)13-22-24-21(27)20(26)23-18-8-4-5-9-18/h6-7,10-13,18H,4-5,8-9H2,1-3H3,(H,23,26)(H,24,27)/b22-13-. The number of nitrogens with one attached hydrogen (secondary N) is 2. The second kappa shape index (κ2) is 8.20. The van der Waals surface area contributed by atoms with E-state index in [0.29, 0.717) is 0 Å². The van der Waals surface area contributed by atoms with Gasteiger partial charge in [0.05, 0.1) is 6.21 Å². The van der Waals surface area contributed by atoms with Crippen molar-refractivity contribution in [1.82, 2.24) is 15.3 Å². The summed E-state index contributed by atoms with van der Waals surface area (Å²) < 4.78 is 2.14. The number of aryl methyl sites for hydroxylation is 2. The maximum Gasteiger partial charge on any atom is 0.329 e. The van der Waals surface area contributed by atoms with Crippen LogP contribution in [-0.2, 0) is 9.59 Å². The molecule has 6 heteroatoms. The highest BCUT2D eigenvalue weighted by molar-refractivity contribution is 6.35. The van der Waals surface area contributed by atoms with E-state index in [0.717, 1.165) is 48.3 Å². The highest BCUT2D eigenvalue weighted by atomic mass is 16.2. The Morgan fingerprint density at radius 1 is 1.11 bits per heavy atom.